The molecule has 0 saturated heterocycles. The molecular weight excluding hydrogens is 262 g/mol. The lowest BCUT2D eigenvalue weighted by molar-refractivity contribution is -0.121. The molecule has 0 aliphatic carbocycles. The zero-order valence-electron chi connectivity index (χ0n) is 13.1. The standard InChI is InChI=1S/C17H25N3O/c1-13(2)6-8-19-17(21)12-20-9-7-15-10-14(11-18-3)4-5-16(15)20/h4-5,7,9-10,13,18H,6,8,11-12H2,1-3H3,(H,19,21). The van der Waals surface area contributed by atoms with Crippen molar-refractivity contribution in [3.8, 4) is 0 Å². The van der Waals surface area contributed by atoms with Crippen molar-refractivity contribution in [2.24, 2.45) is 5.92 Å². The lowest BCUT2D eigenvalue weighted by Gasteiger charge is -2.09. The Morgan fingerprint density at radius 3 is 2.81 bits per heavy atom. The van der Waals surface area contributed by atoms with Gasteiger partial charge in [-0.2, -0.15) is 0 Å². The molecule has 4 heteroatoms. The van der Waals surface area contributed by atoms with Gasteiger partial charge in [0.25, 0.3) is 0 Å². The number of hydrogen-bond donors (Lipinski definition) is 2. The smallest absolute Gasteiger partial charge is 0.239 e. The molecule has 2 aromatic rings. The highest BCUT2D eigenvalue weighted by Crippen LogP contribution is 2.17. The maximum atomic E-state index is 12.0. The number of carbonyl (C=O) groups is 1. The third-order valence-electron chi connectivity index (χ3n) is 3.57. The summed E-state index contributed by atoms with van der Waals surface area (Å²) in [6, 6.07) is 8.42. The van der Waals surface area contributed by atoms with Crippen molar-refractivity contribution >= 4 is 16.8 Å². The van der Waals surface area contributed by atoms with Gasteiger partial charge in [0.1, 0.15) is 6.54 Å². The molecule has 0 aliphatic heterocycles. The molecule has 1 amide bonds. The number of hydrogen-bond acceptors (Lipinski definition) is 2. The van der Waals surface area contributed by atoms with Crippen LogP contribution >= 0.6 is 0 Å². The Hall–Kier alpha value is -1.81. The van der Waals surface area contributed by atoms with Gasteiger partial charge in [-0.25, -0.2) is 0 Å². The van der Waals surface area contributed by atoms with E-state index in [0.717, 1.165) is 25.0 Å². The van der Waals surface area contributed by atoms with E-state index in [9.17, 15) is 4.79 Å². The van der Waals surface area contributed by atoms with Gasteiger partial charge in [0.05, 0.1) is 0 Å². The average molecular weight is 287 g/mol. The van der Waals surface area contributed by atoms with E-state index in [1.165, 1.54) is 10.9 Å². The van der Waals surface area contributed by atoms with Crippen molar-refractivity contribution in [2.45, 2.75) is 33.4 Å². The van der Waals surface area contributed by atoms with Gasteiger partial charge < -0.3 is 15.2 Å². The first kappa shape index (κ1) is 15.6. The van der Waals surface area contributed by atoms with Gasteiger partial charge in [-0.15, -0.1) is 0 Å². The zero-order valence-corrected chi connectivity index (χ0v) is 13.1. The van der Waals surface area contributed by atoms with Crippen LogP contribution < -0.4 is 10.6 Å². The number of carbonyl (C=O) groups excluding carboxylic acids is 1. The van der Waals surface area contributed by atoms with E-state index in [0.29, 0.717) is 12.5 Å². The largest absolute Gasteiger partial charge is 0.355 e. The van der Waals surface area contributed by atoms with Crippen molar-refractivity contribution < 1.29 is 4.79 Å². The lowest BCUT2D eigenvalue weighted by atomic mass is 10.1. The molecule has 2 N–H and O–H groups in total. The predicted octanol–water partition coefficient (Wildman–Crippen LogP) is 2.52. The third-order valence-corrected chi connectivity index (χ3v) is 3.57. The summed E-state index contributed by atoms with van der Waals surface area (Å²) in [5, 5.41) is 7.31. The van der Waals surface area contributed by atoms with Gasteiger partial charge in [-0.05, 0) is 48.5 Å². The second-order valence-corrected chi connectivity index (χ2v) is 5.90. The summed E-state index contributed by atoms with van der Waals surface area (Å²) in [7, 11) is 1.94. The highest BCUT2D eigenvalue weighted by molar-refractivity contribution is 5.83. The fraction of sp³-hybridized carbons (Fsp3) is 0.471. The summed E-state index contributed by atoms with van der Waals surface area (Å²) in [6.07, 6.45) is 3.00. The summed E-state index contributed by atoms with van der Waals surface area (Å²) >= 11 is 0. The molecule has 21 heavy (non-hydrogen) atoms. The SMILES string of the molecule is CNCc1ccc2c(ccn2CC(=O)NCCC(C)C)c1. The van der Waals surface area contributed by atoms with Crippen molar-refractivity contribution in [3.05, 3.63) is 36.0 Å². The Balaban J connectivity index is 2.00. The van der Waals surface area contributed by atoms with E-state index in [4.69, 9.17) is 0 Å². The fourth-order valence-corrected chi connectivity index (χ4v) is 2.41. The van der Waals surface area contributed by atoms with Gasteiger partial charge in [0.15, 0.2) is 0 Å². The molecule has 0 radical (unpaired) electrons. The van der Waals surface area contributed by atoms with Gasteiger partial charge in [0.2, 0.25) is 5.91 Å². The molecule has 1 aromatic heterocycles. The molecular formula is C17H25N3O. The Morgan fingerprint density at radius 2 is 2.10 bits per heavy atom. The maximum Gasteiger partial charge on any atom is 0.239 e. The quantitative estimate of drug-likeness (QED) is 0.822. The molecule has 114 valence electrons. The minimum Gasteiger partial charge on any atom is -0.355 e. The Labute approximate surface area is 126 Å². The van der Waals surface area contributed by atoms with Crippen LogP contribution in [0.15, 0.2) is 30.5 Å². The van der Waals surface area contributed by atoms with Crippen LogP contribution in [0.5, 0.6) is 0 Å². The first-order chi connectivity index (χ1) is 10.1. The number of nitrogens with one attached hydrogen (secondary N) is 2. The Morgan fingerprint density at radius 1 is 1.29 bits per heavy atom. The number of fused-ring (bicyclic) bond motifs is 1. The maximum absolute atomic E-state index is 12.0. The summed E-state index contributed by atoms with van der Waals surface area (Å²) in [4.78, 5) is 12.0. The molecule has 1 aromatic carbocycles. The van der Waals surface area contributed by atoms with E-state index < -0.39 is 0 Å². The van der Waals surface area contributed by atoms with Gasteiger partial charge in [0, 0.05) is 24.8 Å². The molecule has 0 saturated carbocycles. The molecule has 0 fully saturated rings. The molecule has 0 unspecified atom stereocenters. The first-order valence-electron chi connectivity index (χ1n) is 7.59. The van der Waals surface area contributed by atoms with Gasteiger partial charge >= 0.3 is 0 Å². The number of amides is 1. The summed E-state index contributed by atoms with van der Waals surface area (Å²) in [5.74, 6) is 0.691. The second kappa shape index (κ2) is 7.27. The van der Waals surface area contributed by atoms with E-state index in [1.807, 2.05) is 17.8 Å². The van der Waals surface area contributed by atoms with Crippen LogP contribution in [-0.2, 0) is 17.9 Å². The average Bonchev–Trinajstić information content (AvgIpc) is 2.81. The molecule has 4 nitrogen and oxygen atoms in total. The van der Waals surface area contributed by atoms with Crippen LogP contribution in [0, 0.1) is 5.92 Å². The minimum absolute atomic E-state index is 0.0763. The highest BCUT2D eigenvalue weighted by atomic mass is 16.1. The molecule has 2 rings (SSSR count). The van der Waals surface area contributed by atoms with Crippen LogP contribution in [-0.4, -0.2) is 24.1 Å². The Bertz CT molecular complexity index is 601. The lowest BCUT2D eigenvalue weighted by Crippen LogP contribution is -2.28. The van der Waals surface area contributed by atoms with E-state index >= 15 is 0 Å². The summed E-state index contributed by atoms with van der Waals surface area (Å²) in [6.45, 7) is 6.31. The van der Waals surface area contributed by atoms with Gasteiger partial charge in [-0.1, -0.05) is 19.9 Å². The van der Waals surface area contributed by atoms with Crippen LogP contribution in [0.4, 0.5) is 0 Å². The van der Waals surface area contributed by atoms with Crippen molar-refractivity contribution in [3.63, 3.8) is 0 Å². The molecule has 0 spiro atoms. The van der Waals surface area contributed by atoms with Crippen LogP contribution in [0.3, 0.4) is 0 Å². The topological polar surface area (TPSA) is 46.1 Å². The number of rotatable bonds is 7. The molecule has 0 atom stereocenters. The molecule has 1 heterocycles. The number of nitrogens with zero attached hydrogens (tertiary/aromatic N) is 1. The molecule has 0 aliphatic rings. The summed E-state index contributed by atoms with van der Waals surface area (Å²) in [5.41, 5.74) is 2.36. The van der Waals surface area contributed by atoms with Gasteiger partial charge in [-0.3, -0.25) is 4.79 Å². The zero-order chi connectivity index (χ0) is 15.2. The van der Waals surface area contributed by atoms with E-state index in [-0.39, 0.29) is 5.91 Å². The van der Waals surface area contributed by atoms with Crippen LogP contribution in [0.1, 0.15) is 25.8 Å². The number of aromatic nitrogens is 1. The van der Waals surface area contributed by atoms with E-state index in [1.54, 1.807) is 0 Å². The van der Waals surface area contributed by atoms with E-state index in [2.05, 4.69) is 48.7 Å². The molecule has 0 bridgehead atoms. The minimum atomic E-state index is 0.0763. The highest BCUT2D eigenvalue weighted by Gasteiger charge is 2.07. The Kier molecular flexibility index (Phi) is 5.39. The second-order valence-electron chi connectivity index (χ2n) is 5.90. The van der Waals surface area contributed by atoms with Crippen LogP contribution in [0.25, 0.3) is 10.9 Å². The number of benzene rings is 1. The van der Waals surface area contributed by atoms with Crippen molar-refractivity contribution in [1.29, 1.82) is 0 Å². The monoisotopic (exact) mass is 287 g/mol. The van der Waals surface area contributed by atoms with Crippen LogP contribution in [0.2, 0.25) is 0 Å². The first-order valence-corrected chi connectivity index (χ1v) is 7.59. The predicted molar refractivity (Wildman–Crippen MR) is 87.2 cm³/mol. The third kappa shape index (κ3) is 4.33. The summed E-state index contributed by atoms with van der Waals surface area (Å²) < 4.78 is 2.00. The fourth-order valence-electron chi connectivity index (χ4n) is 2.41. The van der Waals surface area contributed by atoms with Crippen molar-refractivity contribution in [1.82, 2.24) is 15.2 Å². The van der Waals surface area contributed by atoms with Crippen molar-refractivity contribution in [2.75, 3.05) is 13.6 Å². The normalized spacial score (nSPS) is 11.2.